The Labute approximate surface area is 177 Å². The number of hydrogen-bond acceptors (Lipinski definition) is 7. The van der Waals surface area contributed by atoms with Gasteiger partial charge in [-0.25, -0.2) is 4.79 Å². The first-order chi connectivity index (χ1) is 14.8. The number of rotatable bonds is 8. The summed E-state index contributed by atoms with van der Waals surface area (Å²) in [6.45, 7) is 0.254. The molecule has 0 aliphatic carbocycles. The Bertz CT molecular complexity index is 1050. The molecule has 0 spiro atoms. The number of fused-ring (bicyclic) bond motifs is 1. The minimum absolute atomic E-state index is 0.0107. The topological polar surface area (TPSA) is 140 Å². The monoisotopic (exact) mass is 428 g/mol. The van der Waals surface area contributed by atoms with Crippen LogP contribution in [-0.2, 0) is 0 Å². The molecular weight excluding hydrogens is 408 g/mol. The number of methoxy groups -OCH3 is 2. The summed E-state index contributed by atoms with van der Waals surface area (Å²) >= 11 is 0. The maximum absolute atomic E-state index is 12.4. The molecule has 0 atom stereocenters. The first-order valence-corrected chi connectivity index (χ1v) is 9.27. The summed E-state index contributed by atoms with van der Waals surface area (Å²) in [6, 6.07) is 8.02. The Balaban J connectivity index is 1.52. The second-order valence-electron chi connectivity index (χ2n) is 6.55. The van der Waals surface area contributed by atoms with Gasteiger partial charge in [0, 0.05) is 31.3 Å². The molecule has 2 aromatic carbocycles. The number of urea groups is 1. The van der Waals surface area contributed by atoms with Gasteiger partial charge >= 0.3 is 6.03 Å². The number of hydrogen-bond donors (Lipinski definition) is 2. The fourth-order valence-corrected chi connectivity index (χ4v) is 3.10. The van der Waals surface area contributed by atoms with Crippen LogP contribution in [0.25, 0.3) is 0 Å². The minimum Gasteiger partial charge on any atom is -0.497 e. The van der Waals surface area contributed by atoms with Crippen LogP contribution in [0, 0.1) is 10.1 Å². The lowest BCUT2D eigenvalue weighted by atomic mass is 10.1. The molecule has 2 N–H and O–H groups in total. The predicted molar refractivity (Wildman–Crippen MR) is 110 cm³/mol. The van der Waals surface area contributed by atoms with Crippen molar-refractivity contribution in [1.29, 1.82) is 0 Å². The lowest BCUT2D eigenvalue weighted by Gasteiger charge is -2.15. The SMILES string of the molecule is COc1ccc(NC(=O)NCCCN2C(=O)c3ccc([N+](=O)[O-])cc3C2=O)c(OC)c1. The molecule has 0 aromatic heterocycles. The fourth-order valence-electron chi connectivity index (χ4n) is 3.10. The van der Waals surface area contributed by atoms with Gasteiger partial charge in [0.1, 0.15) is 11.5 Å². The number of benzene rings is 2. The number of carbonyl (C=O) groups is 3. The van der Waals surface area contributed by atoms with E-state index in [1.54, 1.807) is 18.2 Å². The van der Waals surface area contributed by atoms with Gasteiger partial charge in [-0.3, -0.25) is 24.6 Å². The molecule has 31 heavy (non-hydrogen) atoms. The number of nitro benzene ring substituents is 1. The van der Waals surface area contributed by atoms with Crippen molar-refractivity contribution in [2.45, 2.75) is 6.42 Å². The average Bonchev–Trinajstić information content (AvgIpc) is 3.01. The first kappa shape index (κ1) is 21.6. The van der Waals surface area contributed by atoms with Crippen molar-refractivity contribution < 1.29 is 28.8 Å². The molecule has 2 aromatic rings. The van der Waals surface area contributed by atoms with Crippen LogP contribution < -0.4 is 20.1 Å². The Morgan fingerprint density at radius 2 is 1.81 bits per heavy atom. The highest BCUT2D eigenvalue weighted by Crippen LogP contribution is 2.29. The van der Waals surface area contributed by atoms with E-state index >= 15 is 0 Å². The van der Waals surface area contributed by atoms with Crippen LogP contribution in [-0.4, -0.2) is 55.0 Å². The number of nitrogens with one attached hydrogen (secondary N) is 2. The molecular formula is C20H20N4O7. The van der Waals surface area contributed by atoms with Crippen LogP contribution in [0.3, 0.4) is 0 Å². The third-order valence-corrected chi connectivity index (χ3v) is 4.67. The molecule has 11 nitrogen and oxygen atoms in total. The molecule has 1 aliphatic rings. The van der Waals surface area contributed by atoms with Crippen LogP contribution in [0.1, 0.15) is 27.1 Å². The molecule has 0 saturated carbocycles. The van der Waals surface area contributed by atoms with E-state index in [1.165, 1.54) is 26.4 Å². The zero-order valence-corrected chi connectivity index (χ0v) is 16.8. The number of nitrogens with zero attached hydrogens (tertiary/aromatic N) is 2. The fraction of sp³-hybridized carbons (Fsp3) is 0.250. The highest BCUT2D eigenvalue weighted by Gasteiger charge is 2.36. The van der Waals surface area contributed by atoms with Crippen LogP contribution in [0.15, 0.2) is 36.4 Å². The minimum atomic E-state index is -0.624. The highest BCUT2D eigenvalue weighted by molar-refractivity contribution is 6.21. The molecule has 4 amide bonds. The van der Waals surface area contributed by atoms with E-state index in [1.807, 2.05) is 0 Å². The lowest BCUT2D eigenvalue weighted by molar-refractivity contribution is -0.384. The summed E-state index contributed by atoms with van der Waals surface area (Å²) < 4.78 is 10.3. The van der Waals surface area contributed by atoms with Crippen molar-refractivity contribution in [2.75, 3.05) is 32.6 Å². The van der Waals surface area contributed by atoms with Gasteiger partial charge in [-0.15, -0.1) is 0 Å². The molecule has 0 unspecified atom stereocenters. The van der Waals surface area contributed by atoms with Crippen molar-refractivity contribution in [3.63, 3.8) is 0 Å². The van der Waals surface area contributed by atoms with Gasteiger partial charge in [0.25, 0.3) is 17.5 Å². The number of anilines is 1. The van der Waals surface area contributed by atoms with E-state index in [4.69, 9.17) is 9.47 Å². The van der Waals surface area contributed by atoms with Gasteiger partial charge in [-0.1, -0.05) is 0 Å². The number of imide groups is 1. The highest BCUT2D eigenvalue weighted by atomic mass is 16.6. The molecule has 1 heterocycles. The van der Waals surface area contributed by atoms with E-state index in [-0.39, 0.29) is 29.9 Å². The van der Waals surface area contributed by atoms with Crippen LogP contribution >= 0.6 is 0 Å². The van der Waals surface area contributed by atoms with Gasteiger partial charge < -0.3 is 20.1 Å². The van der Waals surface area contributed by atoms with Crippen molar-refractivity contribution in [3.05, 3.63) is 57.6 Å². The summed E-state index contributed by atoms with van der Waals surface area (Å²) in [5, 5.41) is 16.2. The van der Waals surface area contributed by atoms with Crippen molar-refractivity contribution >= 4 is 29.2 Å². The molecule has 0 radical (unpaired) electrons. The predicted octanol–water partition coefficient (Wildman–Crippen LogP) is 2.42. The number of ether oxygens (including phenoxy) is 2. The molecule has 1 aliphatic heterocycles. The standard InChI is InChI=1S/C20H20N4O7/c1-30-13-5-7-16(17(11-13)31-2)22-20(27)21-8-3-9-23-18(25)14-6-4-12(24(28)29)10-15(14)19(23)26/h4-7,10-11H,3,8-9H2,1-2H3,(H2,21,22,27). The third-order valence-electron chi connectivity index (χ3n) is 4.67. The molecule has 0 saturated heterocycles. The normalized spacial score (nSPS) is 12.4. The Morgan fingerprint density at radius 3 is 2.48 bits per heavy atom. The van der Waals surface area contributed by atoms with Crippen molar-refractivity contribution in [2.24, 2.45) is 0 Å². The second-order valence-corrected chi connectivity index (χ2v) is 6.55. The van der Waals surface area contributed by atoms with E-state index in [9.17, 15) is 24.5 Å². The van der Waals surface area contributed by atoms with Crippen molar-refractivity contribution in [3.8, 4) is 11.5 Å². The van der Waals surface area contributed by atoms with Gasteiger partial charge in [0.2, 0.25) is 0 Å². The smallest absolute Gasteiger partial charge is 0.319 e. The van der Waals surface area contributed by atoms with E-state index in [2.05, 4.69) is 10.6 Å². The third kappa shape index (κ3) is 4.55. The van der Waals surface area contributed by atoms with Crippen LogP contribution in [0.4, 0.5) is 16.2 Å². The first-order valence-electron chi connectivity index (χ1n) is 9.27. The van der Waals surface area contributed by atoms with Gasteiger partial charge in [0.05, 0.1) is 36.0 Å². The van der Waals surface area contributed by atoms with Crippen molar-refractivity contribution in [1.82, 2.24) is 10.2 Å². The molecule has 11 heteroatoms. The van der Waals surface area contributed by atoms with E-state index in [0.717, 1.165) is 11.0 Å². The summed E-state index contributed by atoms with van der Waals surface area (Å²) in [5.74, 6) is -0.0952. The quantitative estimate of drug-likeness (QED) is 0.285. The zero-order valence-electron chi connectivity index (χ0n) is 16.8. The summed E-state index contributed by atoms with van der Waals surface area (Å²) in [4.78, 5) is 48.2. The number of amides is 4. The second kappa shape index (κ2) is 9.11. The number of carbonyl (C=O) groups excluding carboxylic acids is 3. The van der Waals surface area contributed by atoms with Crippen LogP contribution in [0.2, 0.25) is 0 Å². The van der Waals surface area contributed by atoms with Gasteiger partial charge in [0.15, 0.2) is 0 Å². The molecule has 3 rings (SSSR count). The maximum Gasteiger partial charge on any atom is 0.319 e. The number of non-ortho nitro benzene ring substituents is 1. The van der Waals surface area contributed by atoms with Crippen LogP contribution in [0.5, 0.6) is 11.5 Å². The molecule has 0 bridgehead atoms. The largest absolute Gasteiger partial charge is 0.497 e. The molecule has 0 fully saturated rings. The van der Waals surface area contributed by atoms with Gasteiger partial charge in [-0.2, -0.15) is 0 Å². The Kier molecular flexibility index (Phi) is 6.34. The zero-order chi connectivity index (χ0) is 22.5. The van der Waals surface area contributed by atoms with E-state index in [0.29, 0.717) is 23.6 Å². The number of nitro groups is 1. The van der Waals surface area contributed by atoms with Gasteiger partial charge in [-0.05, 0) is 24.6 Å². The maximum atomic E-state index is 12.4. The summed E-state index contributed by atoms with van der Waals surface area (Å²) in [6.07, 6.45) is 0.306. The van der Waals surface area contributed by atoms with E-state index < -0.39 is 22.8 Å². The Morgan fingerprint density at radius 1 is 1.06 bits per heavy atom. The average molecular weight is 428 g/mol. The lowest BCUT2D eigenvalue weighted by Crippen LogP contribution is -2.35. The molecule has 162 valence electrons. The Hall–Kier alpha value is -4.15. The summed E-state index contributed by atoms with van der Waals surface area (Å²) in [5.41, 5.74) is 0.334. The summed E-state index contributed by atoms with van der Waals surface area (Å²) in [7, 11) is 2.98.